The third-order valence-electron chi connectivity index (χ3n) is 6.43. The number of rotatable bonds is 5. The first kappa shape index (κ1) is 25.9. The fourth-order valence-corrected chi connectivity index (χ4v) is 4.49. The summed E-state index contributed by atoms with van der Waals surface area (Å²) in [4.78, 5) is 30.7. The van der Waals surface area contributed by atoms with Crippen molar-refractivity contribution in [3.05, 3.63) is 64.7 Å². The molecule has 0 spiro atoms. The molecule has 4 rings (SSSR count). The van der Waals surface area contributed by atoms with E-state index in [1.54, 1.807) is 6.92 Å². The van der Waals surface area contributed by atoms with Gasteiger partial charge in [-0.15, -0.1) is 0 Å². The van der Waals surface area contributed by atoms with Crippen LogP contribution in [0.15, 0.2) is 36.5 Å². The van der Waals surface area contributed by atoms with Crippen molar-refractivity contribution in [2.45, 2.75) is 50.6 Å². The monoisotopic (exact) mass is 517 g/mol. The van der Waals surface area contributed by atoms with E-state index in [1.807, 2.05) is 0 Å². The van der Waals surface area contributed by atoms with Gasteiger partial charge in [0.1, 0.15) is 17.6 Å². The van der Waals surface area contributed by atoms with Crippen molar-refractivity contribution in [1.29, 1.82) is 0 Å². The number of benzene rings is 1. The zero-order chi connectivity index (χ0) is 26.4. The molecule has 2 fully saturated rings. The van der Waals surface area contributed by atoms with Crippen LogP contribution in [0.5, 0.6) is 0 Å². The number of alkyl halides is 6. The van der Waals surface area contributed by atoms with E-state index in [0.29, 0.717) is 25.0 Å². The second-order valence-electron chi connectivity index (χ2n) is 9.30. The van der Waals surface area contributed by atoms with Crippen LogP contribution >= 0.6 is 0 Å². The van der Waals surface area contributed by atoms with Gasteiger partial charge in [0.2, 0.25) is 5.91 Å². The van der Waals surface area contributed by atoms with Gasteiger partial charge >= 0.3 is 12.4 Å². The Hall–Kier alpha value is -3.18. The number of amides is 2. The molecule has 5 nitrogen and oxygen atoms in total. The van der Waals surface area contributed by atoms with Crippen LogP contribution in [0, 0.1) is 17.7 Å². The predicted octanol–water partition coefficient (Wildman–Crippen LogP) is 5.38. The van der Waals surface area contributed by atoms with Crippen LogP contribution in [0.1, 0.15) is 59.4 Å². The summed E-state index contributed by atoms with van der Waals surface area (Å²) in [6.45, 7) is 1.89. The predicted molar refractivity (Wildman–Crippen MR) is 113 cm³/mol. The Bertz CT molecular complexity index is 1160. The van der Waals surface area contributed by atoms with Crippen LogP contribution in [0.3, 0.4) is 0 Å². The molecule has 2 heterocycles. The van der Waals surface area contributed by atoms with Gasteiger partial charge in [-0.1, -0.05) is 13.0 Å². The molecule has 1 N–H and O–H groups in total. The fraction of sp³-hybridized carbons (Fsp3) is 0.458. The third kappa shape index (κ3) is 5.46. The van der Waals surface area contributed by atoms with Gasteiger partial charge in [-0.3, -0.25) is 14.6 Å². The molecule has 1 aromatic heterocycles. The molecule has 1 aliphatic heterocycles. The number of halogens is 7. The molecule has 0 radical (unpaired) electrons. The minimum atomic E-state index is -4.76. The van der Waals surface area contributed by atoms with Crippen molar-refractivity contribution in [1.82, 2.24) is 15.2 Å². The highest BCUT2D eigenvalue weighted by Gasteiger charge is 2.42. The number of nitrogens with one attached hydrogen (secondary N) is 1. The quantitative estimate of drug-likeness (QED) is 0.542. The Morgan fingerprint density at radius 3 is 2.33 bits per heavy atom. The Morgan fingerprint density at radius 2 is 1.75 bits per heavy atom. The first-order valence-corrected chi connectivity index (χ1v) is 11.3. The number of nitrogens with zero attached hydrogens (tertiary/aromatic N) is 2. The van der Waals surface area contributed by atoms with E-state index in [0.717, 1.165) is 24.4 Å². The van der Waals surface area contributed by atoms with Gasteiger partial charge in [-0.05, 0) is 55.4 Å². The minimum absolute atomic E-state index is 0.0910. The van der Waals surface area contributed by atoms with E-state index < -0.39 is 53.3 Å². The molecule has 1 saturated heterocycles. The summed E-state index contributed by atoms with van der Waals surface area (Å²) in [7, 11) is 0. The smallest absolute Gasteiger partial charge is 0.347 e. The van der Waals surface area contributed by atoms with Gasteiger partial charge in [-0.25, -0.2) is 4.39 Å². The molecule has 12 heteroatoms. The van der Waals surface area contributed by atoms with Gasteiger partial charge in [0.15, 0.2) is 0 Å². The van der Waals surface area contributed by atoms with Crippen LogP contribution in [-0.2, 0) is 17.1 Å². The van der Waals surface area contributed by atoms with Crippen molar-refractivity contribution in [2.24, 2.45) is 11.8 Å². The lowest BCUT2D eigenvalue weighted by molar-refractivity contribution is -0.141. The first-order chi connectivity index (χ1) is 16.8. The fourth-order valence-electron chi connectivity index (χ4n) is 4.49. The molecule has 194 valence electrons. The van der Waals surface area contributed by atoms with Gasteiger partial charge in [0.05, 0.1) is 11.6 Å². The van der Waals surface area contributed by atoms with Crippen LogP contribution < -0.4 is 5.32 Å². The first-order valence-electron chi connectivity index (χ1n) is 11.3. The van der Waals surface area contributed by atoms with Gasteiger partial charge < -0.3 is 10.2 Å². The highest BCUT2D eigenvalue weighted by molar-refractivity contribution is 5.98. The number of hydrogen-bond acceptors (Lipinski definition) is 3. The summed E-state index contributed by atoms with van der Waals surface area (Å²) in [6.07, 6.45) is -7.13. The maximum Gasteiger partial charge on any atom is 0.433 e. The topological polar surface area (TPSA) is 62.3 Å². The molecule has 1 saturated carbocycles. The van der Waals surface area contributed by atoms with Crippen LogP contribution in [0.2, 0.25) is 0 Å². The van der Waals surface area contributed by atoms with E-state index in [2.05, 4.69) is 10.3 Å². The third-order valence-corrected chi connectivity index (χ3v) is 6.43. The summed E-state index contributed by atoms with van der Waals surface area (Å²) in [5, 5.41) is 2.68. The second kappa shape index (κ2) is 9.36. The summed E-state index contributed by atoms with van der Waals surface area (Å²) in [5.41, 5.74) is -2.77. The Balaban J connectivity index is 1.56. The maximum atomic E-state index is 14.7. The number of carbonyl (C=O) groups is 2. The van der Waals surface area contributed by atoms with Gasteiger partial charge in [-0.2, -0.15) is 26.3 Å². The largest absolute Gasteiger partial charge is 0.433 e. The minimum Gasteiger partial charge on any atom is -0.347 e. The molecule has 0 bridgehead atoms. The Labute approximate surface area is 201 Å². The average molecular weight is 517 g/mol. The van der Waals surface area contributed by atoms with Crippen molar-refractivity contribution < 1.29 is 40.3 Å². The highest BCUT2D eigenvalue weighted by atomic mass is 19.4. The van der Waals surface area contributed by atoms with Crippen molar-refractivity contribution in [3.8, 4) is 0 Å². The Morgan fingerprint density at radius 1 is 1.06 bits per heavy atom. The number of pyridine rings is 1. The lowest BCUT2D eigenvalue weighted by Crippen LogP contribution is -2.47. The molecule has 2 aliphatic rings. The summed E-state index contributed by atoms with van der Waals surface area (Å²) < 4.78 is 92.6. The van der Waals surface area contributed by atoms with E-state index in [9.17, 15) is 40.3 Å². The van der Waals surface area contributed by atoms with Crippen molar-refractivity contribution >= 4 is 11.8 Å². The molecule has 1 aliphatic carbocycles. The lowest BCUT2D eigenvalue weighted by atomic mass is 9.98. The molecule has 1 aromatic carbocycles. The van der Waals surface area contributed by atoms with E-state index in [-0.39, 0.29) is 35.9 Å². The van der Waals surface area contributed by atoms with Gasteiger partial charge in [0.25, 0.3) is 5.91 Å². The van der Waals surface area contributed by atoms with Crippen molar-refractivity contribution in [2.75, 3.05) is 6.54 Å². The van der Waals surface area contributed by atoms with Gasteiger partial charge in [0, 0.05) is 23.9 Å². The number of aromatic nitrogens is 1. The number of hydrogen-bond donors (Lipinski definition) is 1. The number of carbonyl (C=O) groups excluding carboxylic acids is 2. The Kier molecular flexibility index (Phi) is 6.74. The van der Waals surface area contributed by atoms with E-state index in [4.69, 9.17) is 0 Å². The highest BCUT2D eigenvalue weighted by Crippen LogP contribution is 2.43. The molecule has 3 atom stereocenters. The average Bonchev–Trinajstić information content (AvgIpc) is 3.56. The molecule has 2 amide bonds. The summed E-state index contributed by atoms with van der Waals surface area (Å²) in [6, 6.07) is 1.93. The summed E-state index contributed by atoms with van der Waals surface area (Å²) >= 11 is 0. The molecular weight excluding hydrogens is 495 g/mol. The van der Waals surface area contributed by atoms with Crippen molar-refractivity contribution in [3.63, 3.8) is 0 Å². The lowest BCUT2D eigenvalue weighted by Gasteiger charge is -2.27. The van der Waals surface area contributed by atoms with Crippen LogP contribution in [0.25, 0.3) is 0 Å². The zero-order valence-electron chi connectivity index (χ0n) is 19.0. The molecular formula is C24H22F7N3O2. The van der Waals surface area contributed by atoms with E-state index in [1.165, 1.54) is 4.90 Å². The molecule has 36 heavy (non-hydrogen) atoms. The normalized spacial score (nSPS) is 21.4. The second-order valence-corrected chi connectivity index (χ2v) is 9.30. The maximum absolute atomic E-state index is 14.7. The van der Waals surface area contributed by atoms with E-state index >= 15 is 0 Å². The van der Waals surface area contributed by atoms with Crippen LogP contribution in [-0.4, -0.2) is 34.3 Å². The zero-order valence-corrected chi connectivity index (χ0v) is 19.0. The van der Waals surface area contributed by atoms with Crippen LogP contribution in [0.4, 0.5) is 30.7 Å². The molecule has 2 aromatic rings. The SMILES string of the molecule is C[C@@H]1C[C@H](C(=O)N[C@@H](c2ccc(C(F)(F)F)cc2F)C2CC2)N(C(=O)c2ccnc(C(F)(F)F)c2)C1. The number of likely N-dealkylation sites (tertiary alicyclic amines) is 1. The standard InChI is InChI=1S/C24H22F7N3O2/c1-12-8-18(34(11-12)22(36)14-6-7-32-19(9-14)24(29,30)31)21(35)33-20(13-2-3-13)16-5-4-15(10-17(16)25)23(26,27)28/h4-7,9-10,12-13,18,20H,2-3,8,11H2,1H3,(H,33,35)/t12-,18-,20-/m1/s1. The summed E-state index contributed by atoms with van der Waals surface area (Å²) in [5.74, 6) is -2.86. The molecule has 0 unspecified atom stereocenters.